The van der Waals surface area contributed by atoms with Gasteiger partial charge < -0.3 is 9.63 Å². The average Bonchev–Trinajstić information content (AvgIpc) is 2.82. The molecule has 0 radical (unpaired) electrons. The maximum atomic E-state index is 11.8. The summed E-state index contributed by atoms with van der Waals surface area (Å²) >= 11 is 0. The largest absolute Gasteiger partial charge is 0.481 e. The van der Waals surface area contributed by atoms with Crippen molar-refractivity contribution in [1.29, 1.82) is 0 Å². The Bertz CT molecular complexity index is 534. The Morgan fingerprint density at radius 1 is 1.52 bits per heavy atom. The number of hydrogen-bond donors (Lipinski definition) is 1. The summed E-state index contributed by atoms with van der Waals surface area (Å²) in [6, 6.07) is 0. The SMILES string of the molecule is CC(C)=CCC1(C(=O)O)CCCN(Cc2nc(C)no2)C1. The van der Waals surface area contributed by atoms with Crippen LogP contribution in [0.1, 0.15) is 44.8 Å². The zero-order chi connectivity index (χ0) is 15.5. The van der Waals surface area contributed by atoms with Gasteiger partial charge in [-0.3, -0.25) is 9.69 Å². The third-order valence-electron chi connectivity index (χ3n) is 3.94. The molecule has 0 aliphatic carbocycles. The monoisotopic (exact) mass is 293 g/mol. The van der Waals surface area contributed by atoms with Crippen LogP contribution in [0.3, 0.4) is 0 Å². The van der Waals surface area contributed by atoms with E-state index in [0.29, 0.717) is 37.6 Å². The van der Waals surface area contributed by atoms with Crippen LogP contribution in [0.25, 0.3) is 0 Å². The zero-order valence-corrected chi connectivity index (χ0v) is 12.9. The number of nitrogens with zero attached hydrogens (tertiary/aromatic N) is 3. The highest BCUT2D eigenvalue weighted by molar-refractivity contribution is 5.75. The van der Waals surface area contributed by atoms with Gasteiger partial charge in [0.05, 0.1) is 12.0 Å². The van der Waals surface area contributed by atoms with Crippen molar-refractivity contribution in [2.45, 2.75) is 46.6 Å². The number of aliphatic carboxylic acids is 1. The summed E-state index contributed by atoms with van der Waals surface area (Å²) in [4.78, 5) is 18.1. The molecule has 0 saturated carbocycles. The molecule has 0 amide bonds. The molecule has 1 aromatic heterocycles. The lowest BCUT2D eigenvalue weighted by Crippen LogP contribution is -2.47. The van der Waals surface area contributed by atoms with Crippen LogP contribution in [0.5, 0.6) is 0 Å². The molecule has 21 heavy (non-hydrogen) atoms. The second kappa shape index (κ2) is 6.39. The first-order valence-electron chi connectivity index (χ1n) is 7.30. The van der Waals surface area contributed by atoms with E-state index in [-0.39, 0.29) is 0 Å². The lowest BCUT2D eigenvalue weighted by atomic mass is 9.76. The summed E-state index contributed by atoms with van der Waals surface area (Å²) in [7, 11) is 0. The molecule has 1 N–H and O–H groups in total. The quantitative estimate of drug-likeness (QED) is 0.840. The molecule has 1 aliphatic heterocycles. The van der Waals surface area contributed by atoms with E-state index in [1.165, 1.54) is 0 Å². The van der Waals surface area contributed by atoms with Gasteiger partial charge in [0, 0.05) is 6.54 Å². The van der Waals surface area contributed by atoms with E-state index >= 15 is 0 Å². The van der Waals surface area contributed by atoms with Crippen LogP contribution >= 0.6 is 0 Å². The van der Waals surface area contributed by atoms with E-state index in [0.717, 1.165) is 18.5 Å². The van der Waals surface area contributed by atoms with Crippen molar-refractivity contribution in [2.24, 2.45) is 5.41 Å². The van der Waals surface area contributed by atoms with Crippen LogP contribution in [0, 0.1) is 12.3 Å². The first-order valence-corrected chi connectivity index (χ1v) is 7.30. The van der Waals surface area contributed by atoms with E-state index in [9.17, 15) is 9.90 Å². The highest BCUT2D eigenvalue weighted by Crippen LogP contribution is 2.35. The number of hydrogen-bond acceptors (Lipinski definition) is 5. The van der Waals surface area contributed by atoms with Gasteiger partial charge in [-0.25, -0.2) is 0 Å². The average molecular weight is 293 g/mol. The molecule has 1 aliphatic rings. The summed E-state index contributed by atoms with van der Waals surface area (Å²) in [6.45, 7) is 7.68. The smallest absolute Gasteiger partial charge is 0.311 e. The summed E-state index contributed by atoms with van der Waals surface area (Å²) in [5, 5.41) is 13.5. The number of aromatic nitrogens is 2. The van der Waals surface area contributed by atoms with E-state index in [1.807, 2.05) is 19.9 Å². The fourth-order valence-corrected chi connectivity index (χ4v) is 2.79. The van der Waals surface area contributed by atoms with Crippen molar-refractivity contribution >= 4 is 5.97 Å². The second-order valence-electron chi connectivity index (χ2n) is 6.12. The molecule has 2 heterocycles. The molecule has 1 aromatic rings. The number of carbonyl (C=O) groups is 1. The third-order valence-corrected chi connectivity index (χ3v) is 3.94. The van der Waals surface area contributed by atoms with Crippen LogP contribution in [-0.4, -0.2) is 39.2 Å². The topological polar surface area (TPSA) is 79.5 Å². The van der Waals surface area contributed by atoms with Crippen LogP contribution in [0.15, 0.2) is 16.2 Å². The highest BCUT2D eigenvalue weighted by Gasteiger charge is 2.41. The number of allylic oxidation sites excluding steroid dienone is 2. The normalized spacial score (nSPS) is 23.0. The van der Waals surface area contributed by atoms with Crippen LogP contribution in [0.4, 0.5) is 0 Å². The van der Waals surface area contributed by atoms with Crippen molar-refractivity contribution in [2.75, 3.05) is 13.1 Å². The molecule has 1 atom stereocenters. The van der Waals surface area contributed by atoms with Crippen molar-refractivity contribution in [3.8, 4) is 0 Å². The van der Waals surface area contributed by atoms with Gasteiger partial charge in [0.1, 0.15) is 0 Å². The van der Waals surface area contributed by atoms with Gasteiger partial charge >= 0.3 is 5.97 Å². The first-order chi connectivity index (χ1) is 9.91. The number of aryl methyl sites for hydroxylation is 1. The molecule has 2 rings (SSSR count). The fourth-order valence-electron chi connectivity index (χ4n) is 2.79. The Morgan fingerprint density at radius 2 is 2.29 bits per heavy atom. The van der Waals surface area contributed by atoms with E-state index in [4.69, 9.17) is 4.52 Å². The standard InChI is InChI=1S/C15H23N3O3/c1-11(2)5-7-15(14(19)20)6-4-8-18(10-15)9-13-16-12(3)17-21-13/h5H,4,6-10H2,1-3H3,(H,19,20). The molecule has 1 saturated heterocycles. The first kappa shape index (κ1) is 15.7. The summed E-state index contributed by atoms with van der Waals surface area (Å²) in [5.41, 5.74) is 0.449. The molecule has 0 bridgehead atoms. The number of rotatable bonds is 5. The number of carboxylic acids is 1. The predicted molar refractivity (Wildman–Crippen MR) is 77.7 cm³/mol. The van der Waals surface area contributed by atoms with Crippen molar-refractivity contribution in [1.82, 2.24) is 15.0 Å². The molecule has 1 unspecified atom stereocenters. The van der Waals surface area contributed by atoms with Gasteiger partial charge in [-0.05, 0) is 46.6 Å². The minimum absolute atomic E-state index is 0.519. The molecular weight excluding hydrogens is 270 g/mol. The molecule has 1 fully saturated rings. The van der Waals surface area contributed by atoms with Crippen molar-refractivity contribution < 1.29 is 14.4 Å². The molecule has 0 spiro atoms. The van der Waals surface area contributed by atoms with E-state index in [2.05, 4.69) is 15.0 Å². The van der Waals surface area contributed by atoms with Gasteiger partial charge in [0.2, 0.25) is 5.89 Å². The molecular formula is C15H23N3O3. The Labute approximate surface area is 124 Å². The van der Waals surface area contributed by atoms with Gasteiger partial charge in [0.25, 0.3) is 0 Å². The van der Waals surface area contributed by atoms with Crippen molar-refractivity contribution in [3.63, 3.8) is 0 Å². The molecule has 116 valence electrons. The minimum atomic E-state index is -0.716. The third kappa shape index (κ3) is 3.91. The molecule has 6 nitrogen and oxygen atoms in total. The number of likely N-dealkylation sites (tertiary alicyclic amines) is 1. The van der Waals surface area contributed by atoms with Gasteiger partial charge in [-0.15, -0.1) is 0 Å². The number of piperidine rings is 1. The summed E-state index contributed by atoms with van der Waals surface area (Å²) in [6.07, 6.45) is 4.18. The Kier molecular flexibility index (Phi) is 4.77. The zero-order valence-electron chi connectivity index (χ0n) is 12.9. The van der Waals surface area contributed by atoms with Crippen LogP contribution < -0.4 is 0 Å². The Morgan fingerprint density at radius 3 is 2.86 bits per heavy atom. The second-order valence-corrected chi connectivity index (χ2v) is 6.12. The lowest BCUT2D eigenvalue weighted by Gasteiger charge is -2.39. The lowest BCUT2D eigenvalue weighted by molar-refractivity contribution is -0.152. The van der Waals surface area contributed by atoms with Gasteiger partial charge in [0.15, 0.2) is 5.82 Å². The van der Waals surface area contributed by atoms with Crippen LogP contribution in [-0.2, 0) is 11.3 Å². The summed E-state index contributed by atoms with van der Waals surface area (Å²) in [5.74, 6) is 0.443. The maximum Gasteiger partial charge on any atom is 0.311 e. The van der Waals surface area contributed by atoms with E-state index < -0.39 is 11.4 Å². The minimum Gasteiger partial charge on any atom is -0.481 e. The Balaban J connectivity index is 2.09. The van der Waals surface area contributed by atoms with E-state index in [1.54, 1.807) is 6.92 Å². The van der Waals surface area contributed by atoms with Gasteiger partial charge in [-0.1, -0.05) is 16.8 Å². The molecule has 0 aromatic carbocycles. The maximum absolute atomic E-state index is 11.8. The Hall–Kier alpha value is -1.69. The van der Waals surface area contributed by atoms with Gasteiger partial charge in [-0.2, -0.15) is 4.98 Å². The highest BCUT2D eigenvalue weighted by atomic mass is 16.5. The molecule has 6 heteroatoms. The number of carboxylic acid groups (broad SMARTS) is 1. The predicted octanol–water partition coefficient (Wildman–Crippen LogP) is 2.40. The fraction of sp³-hybridized carbons (Fsp3) is 0.667. The van der Waals surface area contributed by atoms with Crippen LogP contribution in [0.2, 0.25) is 0 Å². The summed E-state index contributed by atoms with van der Waals surface area (Å²) < 4.78 is 5.13. The van der Waals surface area contributed by atoms with Crippen molar-refractivity contribution in [3.05, 3.63) is 23.4 Å².